The Balaban J connectivity index is 2.16. The van der Waals surface area contributed by atoms with Crippen molar-refractivity contribution in [2.24, 2.45) is 0 Å². The third-order valence-electron chi connectivity index (χ3n) is 4.90. The first-order chi connectivity index (χ1) is 16.5. The second kappa shape index (κ2) is 9.47. The van der Waals surface area contributed by atoms with E-state index in [2.05, 4.69) is 14.8 Å². The molecule has 192 valence electrons. The fourth-order valence-corrected chi connectivity index (χ4v) is 5.36. The van der Waals surface area contributed by atoms with E-state index in [1.165, 1.54) is 70.4 Å². The molecule has 0 radical (unpaired) electrons. The number of anilines is 1. The Morgan fingerprint density at radius 1 is 1.00 bits per heavy atom. The fourth-order valence-electron chi connectivity index (χ4n) is 3.37. The van der Waals surface area contributed by atoms with Crippen LogP contribution in [0.5, 0.6) is 0 Å². The summed E-state index contributed by atoms with van der Waals surface area (Å²) in [5, 5.41) is 0. The van der Waals surface area contributed by atoms with Crippen molar-refractivity contribution >= 4 is 21.9 Å². The molecule has 1 aromatic heterocycles. The Labute approximate surface area is 204 Å². The molecular weight excluding hydrogens is 504 g/mol. The van der Waals surface area contributed by atoms with Crippen molar-refractivity contribution in [3.05, 3.63) is 60.2 Å². The molecule has 0 amide bonds. The van der Waals surface area contributed by atoms with Gasteiger partial charge in [0.25, 0.3) is 10.0 Å². The first-order valence-corrected chi connectivity index (χ1v) is 11.8. The topological polar surface area (TPSA) is 115 Å². The van der Waals surface area contributed by atoms with Crippen LogP contribution in [-0.4, -0.2) is 40.5 Å². The minimum absolute atomic E-state index is 0.0000126. The van der Waals surface area contributed by atoms with Gasteiger partial charge in [-0.2, -0.15) is 13.2 Å². The summed E-state index contributed by atoms with van der Waals surface area (Å²) in [6.07, 6.45) is -2.79. The summed E-state index contributed by atoms with van der Waals surface area (Å²) in [6.45, 7) is 5.19. The van der Waals surface area contributed by atoms with E-state index in [-0.39, 0.29) is 32.7 Å². The molecule has 0 unspecified atom stereocenters. The van der Waals surface area contributed by atoms with E-state index in [4.69, 9.17) is 5.73 Å². The van der Waals surface area contributed by atoms with Crippen molar-refractivity contribution in [1.29, 1.82) is 0 Å². The summed E-state index contributed by atoms with van der Waals surface area (Å²) < 4.78 is 81.0. The van der Waals surface area contributed by atoms with Gasteiger partial charge in [0.1, 0.15) is 5.82 Å². The largest absolute Gasteiger partial charge is 0.492 e. The van der Waals surface area contributed by atoms with Crippen LogP contribution in [0.15, 0.2) is 53.7 Å². The van der Waals surface area contributed by atoms with E-state index >= 15 is 4.39 Å². The SMILES string of the molecule is Cc1cccc(-c2ccc(-c3cnc(N)nc3)c(F)c2)c1S(=O)(=O)N(OC(=O)C(F)(F)F)C(C)(C)C. The number of aryl methyl sites for hydroxylation is 1. The van der Waals surface area contributed by atoms with Crippen LogP contribution in [0.3, 0.4) is 0 Å². The Morgan fingerprint density at radius 2 is 1.61 bits per heavy atom. The summed E-state index contributed by atoms with van der Waals surface area (Å²) in [4.78, 5) is 23.1. The number of hydrogen-bond acceptors (Lipinski definition) is 7. The lowest BCUT2D eigenvalue weighted by molar-refractivity contribution is -0.231. The number of nitrogen functional groups attached to an aromatic ring is 1. The molecular formula is C23H22F4N4O4S. The molecule has 0 aliphatic carbocycles. The van der Waals surface area contributed by atoms with Crippen LogP contribution in [0.4, 0.5) is 23.5 Å². The van der Waals surface area contributed by atoms with Gasteiger partial charge in [0.2, 0.25) is 5.95 Å². The molecule has 0 bridgehead atoms. The van der Waals surface area contributed by atoms with Crippen LogP contribution in [-0.2, 0) is 19.7 Å². The monoisotopic (exact) mass is 526 g/mol. The number of carbonyl (C=O) groups is 1. The predicted molar refractivity (Wildman–Crippen MR) is 123 cm³/mol. The second-order valence-corrected chi connectivity index (χ2v) is 10.4. The third kappa shape index (κ3) is 5.46. The fraction of sp³-hybridized carbons (Fsp3) is 0.261. The Morgan fingerprint density at radius 3 is 2.14 bits per heavy atom. The van der Waals surface area contributed by atoms with Crippen molar-refractivity contribution in [1.82, 2.24) is 14.4 Å². The van der Waals surface area contributed by atoms with Crippen molar-refractivity contribution in [2.75, 3.05) is 5.73 Å². The summed E-state index contributed by atoms with van der Waals surface area (Å²) in [7, 11) is -4.87. The van der Waals surface area contributed by atoms with Crippen LogP contribution < -0.4 is 5.73 Å². The number of hydroxylamine groups is 1. The zero-order chi connectivity index (χ0) is 27.1. The highest BCUT2D eigenvalue weighted by Gasteiger charge is 2.48. The molecule has 3 aromatic rings. The maximum Gasteiger partial charge on any atom is 0.492 e. The van der Waals surface area contributed by atoms with Gasteiger partial charge in [-0.25, -0.2) is 27.6 Å². The quantitative estimate of drug-likeness (QED) is 0.380. The first kappa shape index (κ1) is 27.0. The predicted octanol–water partition coefficient (Wildman–Crippen LogP) is 4.65. The highest BCUT2D eigenvalue weighted by molar-refractivity contribution is 7.89. The maximum absolute atomic E-state index is 15.1. The van der Waals surface area contributed by atoms with Gasteiger partial charge >= 0.3 is 12.1 Å². The molecule has 1 heterocycles. The standard InChI is InChI=1S/C23H22F4N4O4S/c1-13-6-5-7-17(14-8-9-16(18(24)10-14)15-11-29-21(28)30-12-15)19(13)36(33,34)31(22(2,3)4)35-20(32)23(25,26)27/h5-12H,1-4H3,(H2,28,29,30). The van der Waals surface area contributed by atoms with Gasteiger partial charge in [0.05, 0.1) is 10.4 Å². The number of alkyl halides is 3. The minimum Gasteiger partial charge on any atom is -0.368 e. The summed E-state index contributed by atoms with van der Waals surface area (Å²) >= 11 is 0. The zero-order valence-corrected chi connectivity index (χ0v) is 20.4. The molecule has 0 saturated heterocycles. The van der Waals surface area contributed by atoms with Crippen molar-refractivity contribution < 1.29 is 35.6 Å². The summed E-state index contributed by atoms with van der Waals surface area (Å²) in [6, 6.07) is 8.18. The highest BCUT2D eigenvalue weighted by atomic mass is 32.2. The molecule has 0 spiro atoms. The number of hydrogen-bond donors (Lipinski definition) is 1. The number of nitrogens with two attached hydrogens (primary N) is 1. The Hall–Kier alpha value is -3.58. The van der Waals surface area contributed by atoms with Crippen LogP contribution in [0, 0.1) is 12.7 Å². The molecule has 0 atom stereocenters. The number of rotatable bonds is 5. The van der Waals surface area contributed by atoms with Crippen molar-refractivity contribution in [3.8, 4) is 22.3 Å². The normalized spacial score (nSPS) is 12.6. The average Bonchev–Trinajstić information content (AvgIpc) is 2.76. The molecule has 3 rings (SSSR count). The van der Waals surface area contributed by atoms with E-state index in [0.29, 0.717) is 5.56 Å². The lowest BCUT2D eigenvalue weighted by Gasteiger charge is -2.33. The highest BCUT2D eigenvalue weighted by Crippen LogP contribution is 2.37. The molecule has 0 aliphatic heterocycles. The molecule has 36 heavy (non-hydrogen) atoms. The van der Waals surface area contributed by atoms with Gasteiger partial charge in [-0.1, -0.05) is 30.3 Å². The van der Waals surface area contributed by atoms with Crippen LogP contribution in [0.25, 0.3) is 22.3 Å². The van der Waals surface area contributed by atoms with Gasteiger partial charge in [0.15, 0.2) is 0 Å². The van der Waals surface area contributed by atoms with E-state index in [0.717, 1.165) is 6.07 Å². The average molecular weight is 527 g/mol. The molecule has 0 fully saturated rings. The van der Waals surface area contributed by atoms with Crippen LogP contribution >= 0.6 is 0 Å². The molecule has 13 heteroatoms. The van der Waals surface area contributed by atoms with Crippen molar-refractivity contribution in [3.63, 3.8) is 0 Å². The molecule has 8 nitrogen and oxygen atoms in total. The van der Waals surface area contributed by atoms with E-state index in [1.807, 2.05) is 0 Å². The van der Waals surface area contributed by atoms with Gasteiger partial charge in [-0.3, -0.25) is 0 Å². The van der Waals surface area contributed by atoms with Gasteiger partial charge in [-0.05, 0) is 49.4 Å². The van der Waals surface area contributed by atoms with E-state index in [1.54, 1.807) is 0 Å². The number of nitrogens with zero attached hydrogens (tertiary/aromatic N) is 3. The second-order valence-electron chi connectivity index (χ2n) is 8.76. The number of carbonyl (C=O) groups excluding carboxylic acids is 1. The van der Waals surface area contributed by atoms with Gasteiger partial charge in [-0.15, -0.1) is 0 Å². The minimum atomic E-state index is -5.43. The third-order valence-corrected chi connectivity index (χ3v) is 7.01. The number of halogens is 4. The number of sulfonamides is 1. The van der Waals surface area contributed by atoms with Crippen LogP contribution in [0.2, 0.25) is 0 Å². The lowest BCUT2D eigenvalue weighted by atomic mass is 10.00. The molecule has 0 saturated carbocycles. The van der Waals surface area contributed by atoms with Gasteiger partial charge in [0, 0.05) is 29.1 Å². The summed E-state index contributed by atoms with van der Waals surface area (Å²) in [5.41, 5.74) is 4.55. The van der Waals surface area contributed by atoms with Crippen molar-refractivity contribution in [2.45, 2.75) is 44.3 Å². The van der Waals surface area contributed by atoms with E-state index < -0.39 is 38.4 Å². The van der Waals surface area contributed by atoms with Crippen LogP contribution in [0.1, 0.15) is 26.3 Å². The number of benzene rings is 2. The lowest BCUT2D eigenvalue weighted by Crippen LogP contribution is -2.48. The maximum atomic E-state index is 15.1. The molecule has 2 aromatic carbocycles. The van der Waals surface area contributed by atoms with Gasteiger partial charge < -0.3 is 10.6 Å². The molecule has 2 N–H and O–H groups in total. The smallest absolute Gasteiger partial charge is 0.368 e. The Bertz CT molecular complexity index is 1400. The first-order valence-electron chi connectivity index (χ1n) is 10.4. The molecule has 0 aliphatic rings. The number of aromatic nitrogens is 2. The summed E-state index contributed by atoms with van der Waals surface area (Å²) in [5.74, 6) is -3.43. The zero-order valence-electron chi connectivity index (χ0n) is 19.6. The Kier molecular flexibility index (Phi) is 7.10. The van der Waals surface area contributed by atoms with E-state index in [9.17, 15) is 26.4 Å².